The molecule has 2 aromatic carbocycles. The molecule has 0 saturated carbocycles. The fourth-order valence-corrected chi connectivity index (χ4v) is 2.94. The SMILES string of the molecule is O=C(Nc1nccs1)c1cccc2c(Br)cccc12. The van der Waals surface area contributed by atoms with Gasteiger partial charge < -0.3 is 0 Å². The Kier molecular flexibility index (Phi) is 3.31. The number of carbonyl (C=O) groups excluding carboxylic acids is 1. The zero-order valence-corrected chi connectivity index (χ0v) is 12.2. The molecule has 0 aliphatic rings. The minimum Gasteiger partial charge on any atom is -0.298 e. The minimum atomic E-state index is -0.140. The standard InChI is InChI=1S/C14H9BrN2OS/c15-12-6-2-3-9-10(12)4-1-5-11(9)13(18)17-14-16-7-8-19-14/h1-8H,(H,16,17,18). The summed E-state index contributed by atoms with van der Waals surface area (Å²) in [5, 5.41) is 7.18. The van der Waals surface area contributed by atoms with Crippen LogP contribution in [-0.2, 0) is 0 Å². The second kappa shape index (κ2) is 5.11. The number of benzene rings is 2. The number of hydrogen-bond donors (Lipinski definition) is 1. The van der Waals surface area contributed by atoms with Gasteiger partial charge in [-0.15, -0.1) is 11.3 Å². The van der Waals surface area contributed by atoms with E-state index >= 15 is 0 Å². The average molecular weight is 333 g/mol. The number of rotatable bonds is 2. The quantitative estimate of drug-likeness (QED) is 0.759. The Balaban J connectivity index is 2.05. The van der Waals surface area contributed by atoms with Crippen molar-refractivity contribution >= 4 is 49.1 Å². The molecule has 0 unspecified atom stereocenters. The Hall–Kier alpha value is -1.72. The number of nitrogens with zero attached hydrogens (tertiary/aromatic N) is 1. The molecular weight excluding hydrogens is 324 g/mol. The van der Waals surface area contributed by atoms with E-state index in [-0.39, 0.29) is 5.91 Å². The molecule has 0 aliphatic heterocycles. The Morgan fingerprint density at radius 1 is 1.16 bits per heavy atom. The highest BCUT2D eigenvalue weighted by molar-refractivity contribution is 9.10. The number of anilines is 1. The average Bonchev–Trinajstić information content (AvgIpc) is 2.91. The number of carbonyl (C=O) groups is 1. The number of hydrogen-bond acceptors (Lipinski definition) is 3. The number of amides is 1. The van der Waals surface area contributed by atoms with E-state index in [2.05, 4.69) is 26.2 Å². The summed E-state index contributed by atoms with van der Waals surface area (Å²) in [7, 11) is 0. The van der Waals surface area contributed by atoms with Gasteiger partial charge in [-0.05, 0) is 22.9 Å². The summed E-state index contributed by atoms with van der Waals surface area (Å²) in [6.07, 6.45) is 1.67. The molecule has 3 aromatic rings. The third-order valence-electron chi connectivity index (χ3n) is 2.77. The first kappa shape index (κ1) is 12.3. The number of halogens is 1. The van der Waals surface area contributed by atoms with Crippen LogP contribution >= 0.6 is 27.3 Å². The van der Waals surface area contributed by atoms with Crippen LogP contribution in [0.1, 0.15) is 10.4 Å². The number of nitrogens with one attached hydrogen (secondary N) is 1. The molecule has 0 fully saturated rings. The van der Waals surface area contributed by atoms with Crippen LogP contribution in [0.3, 0.4) is 0 Å². The summed E-state index contributed by atoms with van der Waals surface area (Å²) in [5.74, 6) is -0.140. The molecule has 0 radical (unpaired) electrons. The van der Waals surface area contributed by atoms with E-state index in [9.17, 15) is 4.79 Å². The van der Waals surface area contributed by atoms with E-state index in [1.54, 1.807) is 6.20 Å². The van der Waals surface area contributed by atoms with E-state index in [4.69, 9.17) is 0 Å². The van der Waals surface area contributed by atoms with Gasteiger partial charge in [-0.2, -0.15) is 0 Å². The van der Waals surface area contributed by atoms with Crippen molar-refractivity contribution in [1.82, 2.24) is 4.98 Å². The molecule has 0 spiro atoms. The van der Waals surface area contributed by atoms with Crippen LogP contribution in [0, 0.1) is 0 Å². The molecule has 0 aliphatic carbocycles. The van der Waals surface area contributed by atoms with Gasteiger partial charge in [0.25, 0.3) is 5.91 Å². The lowest BCUT2D eigenvalue weighted by Crippen LogP contribution is -2.12. The zero-order valence-electron chi connectivity index (χ0n) is 9.76. The molecule has 94 valence electrons. The lowest BCUT2D eigenvalue weighted by Gasteiger charge is -2.07. The third-order valence-corrected chi connectivity index (χ3v) is 4.15. The first-order chi connectivity index (χ1) is 9.25. The Morgan fingerprint density at radius 3 is 2.74 bits per heavy atom. The third kappa shape index (κ3) is 2.39. The summed E-state index contributed by atoms with van der Waals surface area (Å²) in [6.45, 7) is 0. The van der Waals surface area contributed by atoms with Crippen molar-refractivity contribution in [3.8, 4) is 0 Å². The molecule has 5 heteroatoms. The van der Waals surface area contributed by atoms with Crippen LogP contribution in [0.2, 0.25) is 0 Å². The molecule has 3 nitrogen and oxygen atoms in total. The van der Waals surface area contributed by atoms with Gasteiger partial charge in [0, 0.05) is 21.6 Å². The van der Waals surface area contributed by atoms with Gasteiger partial charge in [-0.1, -0.05) is 40.2 Å². The zero-order chi connectivity index (χ0) is 13.2. The fourth-order valence-electron chi connectivity index (χ4n) is 1.92. The van der Waals surface area contributed by atoms with Crippen molar-refractivity contribution in [2.24, 2.45) is 0 Å². The monoisotopic (exact) mass is 332 g/mol. The van der Waals surface area contributed by atoms with Crippen molar-refractivity contribution in [3.63, 3.8) is 0 Å². The molecule has 0 atom stereocenters. The first-order valence-corrected chi connectivity index (χ1v) is 7.31. The summed E-state index contributed by atoms with van der Waals surface area (Å²) in [5.41, 5.74) is 0.647. The summed E-state index contributed by atoms with van der Waals surface area (Å²) < 4.78 is 0.980. The maximum Gasteiger partial charge on any atom is 0.258 e. The van der Waals surface area contributed by atoms with E-state index in [1.165, 1.54) is 11.3 Å². The van der Waals surface area contributed by atoms with Crippen molar-refractivity contribution in [2.45, 2.75) is 0 Å². The van der Waals surface area contributed by atoms with E-state index < -0.39 is 0 Å². The molecule has 1 amide bonds. The van der Waals surface area contributed by atoms with Gasteiger partial charge >= 0.3 is 0 Å². The molecule has 3 rings (SSSR count). The molecule has 19 heavy (non-hydrogen) atoms. The van der Waals surface area contributed by atoms with Crippen LogP contribution in [0.5, 0.6) is 0 Å². The van der Waals surface area contributed by atoms with Crippen molar-refractivity contribution in [1.29, 1.82) is 0 Å². The van der Waals surface area contributed by atoms with Crippen molar-refractivity contribution in [2.75, 3.05) is 5.32 Å². The van der Waals surface area contributed by atoms with E-state index in [1.807, 2.05) is 41.8 Å². The molecule has 1 aromatic heterocycles. The smallest absolute Gasteiger partial charge is 0.258 e. The molecule has 1 heterocycles. The predicted octanol–water partition coefficient (Wildman–Crippen LogP) is 4.31. The highest BCUT2D eigenvalue weighted by atomic mass is 79.9. The van der Waals surface area contributed by atoms with Crippen LogP contribution in [-0.4, -0.2) is 10.9 Å². The molecule has 0 bridgehead atoms. The maximum absolute atomic E-state index is 12.3. The summed E-state index contributed by atoms with van der Waals surface area (Å²) in [4.78, 5) is 16.3. The van der Waals surface area contributed by atoms with Crippen LogP contribution in [0.25, 0.3) is 10.8 Å². The van der Waals surface area contributed by atoms with Gasteiger partial charge in [0.2, 0.25) is 0 Å². The fraction of sp³-hybridized carbons (Fsp3) is 0. The minimum absolute atomic E-state index is 0.140. The molecular formula is C14H9BrN2OS. The second-order valence-corrected chi connectivity index (χ2v) is 5.68. The number of thiazole rings is 1. The van der Waals surface area contributed by atoms with Crippen molar-refractivity contribution in [3.05, 3.63) is 58.0 Å². The van der Waals surface area contributed by atoms with Gasteiger partial charge in [-0.25, -0.2) is 4.98 Å². The maximum atomic E-state index is 12.3. The predicted molar refractivity (Wildman–Crippen MR) is 81.7 cm³/mol. The molecule has 0 saturated heterocycles. The van der Waals surface area contributed by atoms with Gasteiger partial charge in [-0.3, -0.25) is 10.1 Å². The largest absolute Gasteiger partial charge is 0.298 e. The summed E-state index contributed by atoms with van der Waals surface area (Å²) >= 11 is 4.90. The van der Waals surface area contributed by atoms with E-state index in [0.29, 0.717) is 10.7 Å². The topological polar surface area (TPSA) is 42.0 Å². The lowest BCUT2D eigenvalue weighted by molar-refractivity contribution is 0.102. The highest BCUT2D eigenvalue weighted by Gasteiger charge is 2.11. The summed E-state index contributed by atoms with van der Waals surface area (Å²) in [6, 6.07) is 11.5. The van der Waals surface area contributed by atoms with E-state index in [0.717, 1.165) is 15.2 Å². The molecule has 1 N–H and O–H groups in total. The normalized spacial score (nSPS) is 10.6. The Labute approximate surface area is 122 Å². The Bertz CT molecular complexity index is 740. The van der Waals surface area contributed by atoms with Crippen LogP contribution in [0.4, 0.5) is 5.13 Å². The van der Waals surface area contributed by atoms with Crippen LogP contribution < -0.4 is 5.32 Å². The van der Waals surface area contributed by atoms with Gasteiger partial charge in [0.05, 0.1) is 0 Å². The lowest BCUT2D eigenvalue weighted by atomic mass is 10.0. The van der Waals surface area contributed by atoms with Gasteiger partial charge in [0.1, 0.15) is 0 Å². The number of fused-ring (bicyclic) bond motifs is 1. The Morgan fingerprint density at radius 2 is 1.95 bits per heavy atom. The van der Waals surface area contributed by atoms with Crippen LogP contribution in [0.15, 0.2) is 52.4 Å². The highest BCUT2D eigenvalue weighted by Crippen LogP contribution is 2.27. The van der Waals surface area contributed by atoms with Gasteiger partial charge in [0.15, 0.2) is 5.13 Å². The number of aromatic nitrogens is 1. The van der Waals surface area contributed by atoms with Crippen molar-refractivity contribution < 1.29 is 4.79 Å². The first-order valence-electron chi connectivity index (χ1n) is 5.64. The second-order valence-electron chi connectivity index (χ2n) is 3.93.